The van der Waals surface area contributed by atoms with Gasteiger partial charge in [0.1, 0.15) is 5.82 Å². The van der Waals surface area contributed by atoms with E-state index >= 15 is 0 Å². The van der Waals surface area contributed by atoms with Gasteiger partial charge in [-0.25, -0.2) is 0 Å². The average molecular weight is 265 g/mol. The number of nitrogens with zero attached hydrogens (tertiary/aromatic N) is 4. The molecule has 0 bridgehead atoms. The Morgan fingerprint density at radius 3 is 2.53 bits per heavy atom. The lowest BCUT2D eigenvalue weighted by molar-refractivity contribution is 0.220. The Balaban J connectivity index is 2.14. The van der Waals surface area contributed by atoms with Crippen LogP contribution >= 0.6 is 0 Å². The average Bonchev–Trinajstić information content (AvgIpc) is 2.72. The van der Waals surface area contributed by atoms with Crippen molar-refractivity contribution in [2.24, 2.45) is 12.8 Å². The Labute approximate surface area is 116 Å². The summed E-state index contributed by atoms with van der Waals surface area (Å²) in [6.07, 6.45) is 2.44. The summed E-state index contributed by atoms with van der Waals surface area (Å²) in [6, 6.07) is 0.600. The summed E-state index contributed by atoms with van der Waals surface area (Å²) in [6.45, 7) is 8.39. The van der Waals surface area contributed by atoms with Gasteiger partial charge in [0.15, 0.2) is 0 Å². The predicted octanol–water partition coefficient (Wildman–Crippen LogP) is 1.11. The molecule has 0 spiro atoms. The molecule has 5 heteroatoms. The fraction of sp³-hybridized carbons (Fsp3) is 0.786. The van der Waals surface area contributed by atoms with Gasteiger partial charge >= 0.3 is 0 Å². The Morgan fingerprint density at radius 2 is 2.00 bits per heavy atom. The molecule has 0 aliphatic carbocycles. The highest BCUT2D eigenvalue weighted by Crippen LogP contribution is 2.26. The van der Waals surface area contributed by atoms with Gasteiger partial charge in [-0.05, 0) is 26.3 Å². The van der Waals surface area contributed by atoms with Gasteiger partial charge in [-0.15, -0.1) is 0 Å². The third kappa shape index (κ3) is 2.77. The Morgan fingerprint density at radius 1 is 1.37 bits per heavy atom. The lowest BCUT2D eigenvalue weighted by Gasteiger charge is -2.37. The van der Waals surface area contributed by atoms with Crippen molar-refractivity contribution >= 4 is 5.82 Å². The van der Waals surface area contributed by atoms with Gasteiger partial charge in [0, 0.05) is 45.3 Å². The standard InChI is InChI=1S/C14H27N5/c1-5-19-8-6-12(7-9-19)17(3)14-13(10-15)11(2)16-18(14)4/h12H,5-10,15H2,1-4H3. The lowest BCUT2D eigenvalue weighted by atomic mass is 10.0. The topological polar surface area (TPSA) is 50.3 Å². The lowest BCUT2D eigenvalue weighted by Crippen LogP contribution is -2.44. The summed E-state index contributed by atoms with van der Waals surface area (Å²) < 4.78 is 1.98. The molecule has 0 amide bonds. The van der Waals surface area contributed by atoms with Gasteiger partial charge in [0.25, 0.3) is 0 Å². The van der Waals surface area contributed by atoms with E-state index in [0.29, 0.717) is 12.6 Å². The van der Waals surface area contributed by atoms with Gasteiger partial charge in [-0.2, -0.15) is 5.10 Å². The smallest absolute Gasteiger partial charge is 0.131 e. The number of hydrogen-bond donors (Lipinski definition) is 1. The Hall–Kier alpha value is -1.07. The van der Waals surface area contributed by atoms with Crippen molar-refractivity contribution in [3.05, 3.63) is 11.3 Å². The Kier molecular flexibility index (Phi) is 4.47. The summed E-state index contributed by atoms with van der Waals surface area (Å²) >= 11 is 0. The quantitative estimate of drug-likeness (QED) is 0.886. The second-order valence-corrected chi connectivity index (χ2v) is 5.49. The minimum absolute atomic E-state index is 0.563. The molecular weight excluding hydrogens is 238 g/mol. The summed E-state index contributed by atoms with van der Waals surface area (Å²) in [5, 5.41) is 4.51. The first-order valence-corrected chi connectivity index (χ1v) is 7.26. The van der Waals surface area contributed by atoms with E-state index < -0.39 is 0 Å². The zero-order valence-corrected chi connectivity index (χ0v) is 12.7. The van der Waals surface area contributed by atoms with Crippen LogP contribution in [0.15, 0.2) is 0 Å². The zero-order valence-electron chi connectivity index (χ0n) is 12.7. The van der Waals surface area contributed by atoms with Gasteiger partial charge in [-0.1, -0.05) is 6.92 Å². The molecule has 1 aliphatic rings. The number of nitrogens with two attached hydrogens (primary N) is 1. The highest BCUT2D eigenvalue weighted by atomic mass is 15.4. The van der Waals surface area contributed by atoms with Crippen LogP contribution < -0.4 is 10.6 Å². The van der Waals surface area contributed by atoms with Gasteiger partial charge in [0.05, 0.1) is 5.69 Å². The van der Waals surface area contributed by atoms with E-state index in [9.17, 15) is 0 Å². The highest BCUT2D eigenvalue weighted by molar-refractivity contribution is 5.50. The van der Waals surface area contributed by atoms with Crippen LogP contribution in [0.5, 0.6) is 0 Å². The van der Waals surface area contributed by atoms with Crippen LogP contribution in [0, 0.1) is 6.92 Å². The number of likely N-dealkylation sites (tertiary alicyclic amines) is 1. The SMILES string of the molecule is CCN1CCC(N(C)c2c(CN)c(C)nn2C)CC1. The first-order valence-electron chi connectivity index (χ1n) is 7.26. The van der Waals surface area contributed by atoms with Crippen molar-refractivity contribution < 1.29 is 0 Å². The number of aromatic nitrogens is 2. The summed E-state index contributed by atoms with van der Waals surface area (Å²) in [7, 11) is 4.20. The minimum Gasteiger partial charge on any atom is -0.357 e. The van der Waals surface area contributed by atoms with Crippen LogP contribution in [-0.4, -0.2) is 47.4 Å². The molecule has 1 aromatic rings. The highest BCUT2D eigenvalue weighted by Gasteiger charge is 2.25. The van der Waals surface area contributed by atoms with E-state index in [4.69, 9.17) is 5.73 Å². The second-order valence-electron chi connectivity index (χ2n) is 5.49. The van der Waals surface area contributed by atoms with Crippen LogP contribution in [0.25, 0.3) is 0 Å². The van der Waals surface area contributed by atoms with Crippen molar-refractivity contribution in [2.45, 2.75) is 39.3 Å². The normalized spacial score (nSPS) is 17.9. The molecule has 0 saturated carbocycles. The maximum absolute atomic E-state index is 5.89. The molecule has 1 fully saturated rings. The molecule has 0 radical (unpaired) electrons. The second kappa shape index (κ2) is 5.92. The maximum atomic E-state index is 5.89. The summed E-state index contributed by atoms with van der Waals surface area (Å²) in [5.74, 6) is 1.19. The van der Waals surface area contributed by atoms with Crippen LogP contribution in [0.1, 0.15) is 31.0 Å². The van der Waals surface area contributed by atoms with Crippen LogP contribution in [0.2, 0.25) is 0 Å². The molecule has 2 heterocycles. The monoisotopic (exact) mass is 265 g/mol. The van der Waals surface area contributed by atoms with E-state index in [1.54, 1.807) is 0 Å². The largest absolute Gasteiger partial charge is 0.357 e. The zero-order chi connectivity index (χ0) is 14.0. The number of anilines is 1. The van der Waals surface area contributed by atoms with Crippen molar-refractivity contribution in [3.8, 4) is 0 Å². The summed E-state index contributed by atoms with van der Waals surface area (Å²) in [4.78, 5) is 4.90. The van der Waals surface area contributed by atoms with Crippen LogP contribution in [0.3, 0.4) is 0 Å². The van der Waals surface area contributed by atoms with Gasteiger partial charge < -0.3 is 15.5 Å². The molecule has 0 atom stereocenters. The molecule has 1 saturated heterocycles. The third-order valence-corrected chi connectivity index (χ3v) is 4.40. The predicted molar refractivity (Wildman–Crippen MR) is 79.4 cm³/mol. The minimum atomic E-state index is 0.563. The fourth-order valence-corrected chi connectivity index (χ4v) is 3.17. The van der Waals surface area contributed by atoms with Crippen molar-refractivity contribution in [1.29, 1.82) is 0 Å². The fourth-order valence-electron chi connectivity index (χ4n) is 3.17. The first-order chi connectivity index (χ1) is 9.08. The molecule has 108 valence electrons. The number of piperidine rings is 1. The maximum Gasteiger partial charge on any atom is 0.131 e. The van der Waals surface area contributed by atoms with E-state index in [1.807, 2.05) is 18.7 Å². The molecule has 1 aliphatic heterocycles. The van der Waals surface area contributed by atoms with Crippen molar-refractivity contribution in [1.82, 2.24) is 14.7 Å². The molecular formula is C14H27N5. The third-order valence-electron chi connectivity index (χ3n) is 4.40. The molecule has 2 N–H and O–H groups in total. The number of hydrogen-bond acceptors (Lipinski definition) is 4. The van der Waals surface area contributed by atoms with Crippen molar-refractivity contribution in [3.63, 3.8) is 0 Å². The van der Waals surface area contributed by atoms with E-state index in [-0.39, 0.29) is 0 Å². The van der Waals surface area contributed by atoms with Gasteiger partial charge in [-0.3, -0.25) is 4.68 Å². The van der Waals surface area contributed by atoms with E-state index in [0.717, 1.165) is 12.2 Å². The van der Waals surface area contributed by atoms with Crippen molar-refractivity contribution in [2.75, 3.05) is 31.6 Å². The molecule has 1 aromatic heterocycles. The van der Waals surface area contributed by atoms with Gasteiger partial charge in [0.2, 0.25) is 0 Å². The van der Waals surface area contributed by atoms with E-state index in [2.05, 4.69) is 28.9 Å². The Bertz CT molecular complexity index is 418. The molecule has 0 unspecified atom stereocenters. The van der Waals surface area contributed by atoms with Crippen LogP contribution in [0.4, 0.5) is 5.82 Å². The molecule has 19 heavy (non-hydrogen) atoms. The number of aryl methyl sites for hydroxylation is 2. The summed E-state index contributed by atoms with van der Waals surface area (Å²) in [5.41, 5.74) is 8.12. The van der Waals surface area contributed by atoms with E-state index in [1.165, 1.54) is 37.3 Å². The number of rotatable bonds is 4. The molecule has 5 nitrogen and oxygen atoms in total. The molecule has 2 rings (SSSR count). The van der Waals surface area contributed by atoms with Crippen LogP contribution in [-0.2, 0) is 13.6 Å². The first kappa shape index (κ1) is 14.3. The molecule has 0 aromatic carbocycles.